The van der Waals surface area contributed by atoms with Gasteiger partial charge in [0.25, 0.3) is 0 Å². The Bertz CT molecular complexity index is 120. The van der Waals surface area contributed by atoms with Gasteiger partial charge in [-0.25, -0.2) is 0 Å². The first kappa shape index (κ1) is 7.76. The van der Waals surface area contributed by atoms with E-state index < -0.39 is 0 Å². The Kier molecular flexibility index (Phi) is 2.46. The van der Waals surface area contributed by atoms with Gasteiger partial charge in [0, 0.05) is 0 Å². The van der Waals surface area contributed by atoms with Crippen molar-refractivity contribution in [2.45, 2.75) is 26.2 Å². The topological polar surface area (TPSA) is 18.5 Å². The van der Waals surface area contributed by atoms with Crippen LogP contribution in [0.25, 0.3) is 0 Å². The molecule has 0 spiro atoms. The summed E-state index contributed by atoms with van der Waals surface area (Å²) in [5, 5.41) is 0. The van der Waals surface area contributed by atoms with Gasteiger partial charge in [0.1, 0.15) is 0 Å². The van der Waals surface area contributed by atoms with Gasteiger partial charge in [0.05, 0.1) is 12.7 Å². The molecule has 0 saturated carbocycles. The van der Waals surface area contributed by atoms with Gasteiger partial charge in [-0.3, -0.25) is 0 Å². The van der Waals surface area contributed by atoms with Crippen LogP contribution in [0.3, 0.4) is 0 Å². The van der Waals surface area contributed by atoms with Gasteiger partial charge in [-0.05, 0) is 12.0 Å². The molecule has 0 amide bonds. The molecule has 0 aromatic rings. The van der Waals surface area contributed by atoms with Crippen molar-refractivity contribution >= 4 is 0 Å². The summed E-state index contributed by atoms with van der Waals surface area (Å²) in [6, 6.07) is 0. The van der Waals surface area contributed by atoms with Crippen LogP contribution < -0.4 is 0 Å². The highest BCUT2D eigenvalue weighted by molar-refractivity contribution is 4.79. The van der Waals surface area contributed by atoms with Gasteiger partial charge in [-0.1, -0.05) is 20.4 Å². The maximum atomic E-state index is 5.43. The smallest absolute Gasteiger partial charge is 0.177 e. The summed E-state index contributed by atoms with van der Waals surface area (Å²) in [4.78, 5) is 0. The lowest BCUT2D eigenvalue weighted by Gasteiger charge is -2.11. The zero-order chi connectivity index (χ0) is 7.56. The molecule has 2 atom stereocenters. The zero-order valence-corrected chi connectivity index (χ0v) is 6.54. The van der Waals surface area contributed by atoms with Crippen LogP contribution in [0.15, 0.2) is 12.7 Å². The van der Waals surface area contributed by atoms with Crippen LogP contribution in [0.2, 0.25) is 0 Å². The van der Waals surface area contributed by atoms with E-state index in [1.165, 1.54) is 0 Å². The molecular formula is C8H14O2. The van der Waals surface area contributed by atoms with Gasteiger partial charge in [0.2, 0.25) is 0 Å². The molecule has 0 aromatic heterocycles. The van der Waals surface area contributed by atoms with E-state index in [2.05, 4.69) is 20.4 Å². The van der Waals surface area contributed by atoms with Gasteiger partial charge in [-0.15, -0.1) is 0 Å². The summed E-state index contributed by atoms with van der Waals surface area (Å²) in [5.74, 6) is 0.532. The van der Waals surface area contributed by atoms with E-state index in [-0.39, 0.29) is 12.4 Å². The predicted molar refractivity (Wildman–Crippen MR) is 39.6 cm³/mol. The number of rotatable bonds is 2. The molecule has 2 heteroatoms. The molecule has 2 unspecified atom stereocenters. The second-order valence-electron chi connectivity index (χ2n) is 2.86. The third-order valence-electron chi connectivity index (χ3n) is 1.67. The molecule has 1 rings (SSSR count). The van der Waals surface area contributed by atoms with E-state index in [0.29, 0.717) is 12.5 Å². The lowest BCUT2D eigenvalue weighted by atomic mass is 10.1. The molecule has 0 aromatic carbocycles. The fourth-order valence-electron chi connectivity index (χ4n) is 0.914. The van der Waals surface area contributed by atoms with Gasteiger partial charge >= 0.3 is 0 Å². The average molecular weight is 142 g/mol. The van der Waals surface area contributed by atoms with E-state index in [1.807, 2.05) is 0 Å². The third kappa shape index (κ3) is 1.58. The van der Waals surface area contributed by atoms with Crippen molar-refractivity contribution in [2.75, 3.05) is 6.61 Å². The van der Waals surface area contributed by atoms with Crippen LogP contribution in [0.1, 0.15) is 13.8 Å². The van der Waals surface area contributed by atoms with Crippen LogP contribution in [0.5, 0.6) is 0 Å². The molecule has 0 N–H and O–H groups in total. The molecule has 1 heterocycles. The Hall–Kier alpha value is -0.340. The minimum atomic E-state index is -0.174. The number of ether oxygens (including phenoxy) is 2. The second kappa shape index (κ2) is 3.17. The predicted octanol–water partition coefficient (Wildman–Crippen LogP) is 1.57. The highest BCUT2D eigenvalue weighted by Crippen LogP contribution is 2.18. The first-order valence-electron chi connectivity index (χ1n) is 3.63. The first-order valence-corrected chi connectivity index (χ1v) is 3.63. The molecule has 1 aliphatic heterocycles. The lowest BCUT2D eigenvalue weighted by molar-refractivity contribution is -0.0279. The quantitative estimate of drug-likeness (QED) is 0.545. The molecule has 1 saturated heterocycles. The summed E-state index contributed by atoms with van der Waals surface area (Å²) in [6.45, 7) is 8.54. The van der Waals surface area contributed by atoms with Crippen LogP contribution >= 0.6 is 0 Å². The molecule has 0 radical (unpaired) electrons. The first-order chi connectivity index (χ1) is 4.74. The highest BCUT2D eigenvalue weighted by Gasteiger charge is 2.25. The Balaban J connectivity index is 2.35. The van der Waals surface area contributed by atoms with Gasteiger partial charge in [0.15, 0.2) is 6.29 Å². The van der Waals surface area contributed by atoms with Crippen molar-refractivity contribution < 1.29 is 9.47 Å². The van der Waals surface area contributed by atoms with Gasteiger partial charge in [-0.2, -0.15) is 0 Å². The molecule has 0 aliphatic carbocycles. The molecule has 10 heavy (non-hydrogen) atoms. The SMILES string of the molecule is C=CC1OCC(C(C)C)O1. The van der Waals surface area contributed by atoms with Crippen molar-refractivity contribution in [3.63, 3.8) is 0 Å². The third-order valence-corrected chi connectivity index (χ3v) is 1.67. The average Bonchev–Trinajstić information content (AvgIpc) is 2.34. The van der Waals surface area contributed by atoms with Crippen molar-refractivity contribution in [2.24, 2.45) is 5.92 Å². The maximum absolute atomic E-state index is 5.43. The molecule has 58 valence electrons. The van der Waals surface area contributed by atoms with Crippen LogP contribution in [-0.2, 0) is 9.47 Å². The van der Waals surface area contributed by atoms with E-state index >= 15 is 0 Å². The summed E-state index contributed by atoms with van der Waals surface area (Å²) in [5.41, 5.74) is 0. The monoisotopic (exact) mass is 142 g/mol. The minimum Gasteiger partial charge on any atom is -0.346 e. The lowest BCUT2D eigenvalue weighted by Crippen LogP contribution is -2.17. The van der Waals surface area contributed by atoms with Crippen molar-refractivity contribution in [1.29, 1.82) is 0 Å². The summed E-state index contributed by atoms with van der Waals surface area (Å²) >= 11 is 0. The summed E-state index contributed by atoms with van der Waals surface area (Å²) in [6.07, 6.45) is 1.76. The fraction of sp³-hybridized carbons (Fsp3) is 0.750. The Morgan fingerprint density at radius 2 is 2.30 bits per heavy atom. The Morgan fingerprint density at radius 1 is 1.60 bits per heavy atom. The number of hydrogen-bond acceptors (Lipinski definition) is 2. The summed E-state index contributed by atoms with van der Waals surface area (Å²) < 4.78 is 10.7. The summed E-state index contributed by atoms with van der Waals surface area (Å²) in [7, 11) is 0. The Morgan fingerprint density at radius 3 is 2.60 bits per heavy atom. The Labute approximate surface area is 61.8 Å². The maximum Gasteiger partial charge on any atom is 0.177 e. The van der Waals surface area contributed by atoms with Crippen LogP contribution in [0, 0.1) is 5.92 Å². The van der Waals surface area contributed by atoms with E-state index in [9.17, 15) is 0 Å². The molecule has 2 nitrogen and oxygen atoms in total. The molecule has 0 bridgehead atoms. The van der Waals surface area contributed by atoms with E-state index in [1.54, 1.807) is 6.08 Å². The molecular weight excluding hydrogens is 128 g/mol. The molecule has 1 aliphatic rings. The normalized spacial score (nSPS) is 33.1. The standard InChI is InChI=1S/C8H14O2/c1-4-8-9-5-7(10-8)6(2)3/h4,6-8H,1,5H2,2-3H3. The van der Waals surface area contributed by atoms with Gasteiger partial charge < -0.3 is 9.47 Å². The van der Waals surface area contributed by atoms with Crippen molar-refractivity contribution in [1.82, 2.24) is 0 Å². The molecule has 1 fully saturated rings. The van der Waals surface area contributed by atoms with Crippen LogP contribution in [0.4, 0.5) is 0 Å². The zero-order valence-electron chi connectivity index (χ0n) is 6.54. The van der Waals surface area contributed by atoms with Crippen molar-refractivity contribution in [3.05, 3.63) is 12.7 Å². The largest absolute Gasteiger partial charge is 0.346 e. The highest BCUT2D eigenvalue weighted by atomic mass is 16.7. The van der Waals surface area contributed by atoms with E-state index in [4.69, 9.17) is 9.47 Å². The minimum absolute atomic E-state index is 0.174. The number of hydrogen-bond donors (Lipinski definition) is 0. The fourth-order valence-corrected chi connectivity index (χ4v) is 0.914. The van der Waals surface area contributed by atoms with E-state index in [0.717, 1.165) is 0 Å². The van der Waals surface area contributed by atoms with Crippen molar-refractivity contribution in [3.8, 4) is 0 Å². The van der Waals surface area contributed by atoms with Crippen LogP contribution in [-0.4, -0.2) is 19.0 Å². The second-order valence-corrected chi connectivity index (χ2v) is 2.86.